The largest absolute Gasteiger partial charge is 0.347 e. The summed E-state index contributed by atoms with van der Waals surface area (Å²) in [6.07, 6.45) is 0. The van der Waals surface area contributed by atoms with Crippen LogP contribution in [0.1, 0.15) is 31.5 Å². The van der Waals surface area contributed by atoms with E-state index in [4.69, 9.17) is 0 Å². The zero-order chi connectivity index (χ0) is 17.0. The summed E-state index contributed by atoms with van der Waals surface area (Å²) in [7, 11) is 0. The van der Waals surface area contributed by atoms with Gasteiger partial charge in [-0.15, -0.1) is 11.3 Å². The number of amides is 2. The molecule has 1 aromatic rings. The van der Waals surface area contributed by atoms with E-state index in [9.17, 15) is 9.59 Å². The first kappa shape index (κ1) is 17.9. The minimum Gasteiger partial charge on any atom is -0.347 e. The van der Waals surface area contributed by atoms with Crippen molar-refractivity contribution in [2.45, 2.75) is 34.2 Å². The van der Waals surface area contributed by atoms with Crippen molar-refractivity contribution in [3.63, 3.8) is 0 Å². The van der Waals surface area contributed by atoms with E-state index in [1.807, 2.05) is 32.6 Å². The van der Waals surface area contributed by atoms with Crippen LogP contribution >= 0.6 is 11.3 Å². The Hall–Kier alpha value is -1.47. The summed E-state index contributed by atoms with van der Waals surface area (Å²) in [4.78, 5) is 32.6. The Balaban J connectivity index is 1.73. The molecule has 1 fully saturated rings. The zero-order valence-corrected chi connectivity index (χ0v) is 15.2. The summed E-state index contributed by atoms with van der Waals surface area (Å²) < 4.78 is 0. The molecule has 1 saturated heterocycles. The van der Waals surface area contributed by atoms with Gasteiger partial charge in [-0.05, 0) is 6.92 Å². The Labute approximate surface area is 141 Å². The van der Waals surface area contributed by atoms with Crippen molar-refractivity contribution in [1.82, 2.24) is 20.1 Å². The fraction of sp³-hybridized carbons (Fsp3) is 0.688. The lowest BCUT2D eigenvalue weighted by Crippen LogP contribution is -2.51. The second kappa shape index (κ2) is 7.40. The summed E-state index contributed by atoms with van der Waals surface area (Å²) >= 11 is 1.67. The van der Waals surface area contributed by atoms with Gasteiger partial charge >= 0.3 is 0 Å². The second-order valence-corrected chi connectivity index (χ2v) is 8.01. The number of aryl methyl sites for hydroxylation is 1. The molecule has 0 atom stereocenters. The van der Waals surface area contributed by atoms with Crippen molar-refractivity contribution in [2.24, 2.45) is 5.41 Å². The number of nitrogens with zero attached hydrogens (tertiary/aromatic N) is 3. The van der Waals surface area contributed by atoms with E-state index in [0.717, 1.165) is 30.3 Å². The van der Waals surface area contributed by atoms with Crippen molar-refractivity contribution < 1.29 is 9.59 Å². The van der Waals surface area contributed by atoms with E-state index in [-0.39, 0.29) is 18.4 Å². The maximum Gasteiger partial charge on any atom is 0.242 e. The molecule has 0 spiro atoms. The molecule has 2 heterocycles. The van der Waals surface area contributed by atoms with Crippen LogP contribution < -0.4 is 5.32 Å². The first-order valence-electron chi connectivity index (χ1n) is 7.95. The van der Waals surface area contributed by atoms with Gasteiger partial charge in [0.25, 0.3) is 0 Å². The van der Waals surface area contributed by atoms with E-state index >= 15 is 0 Å². The Morgan fingerprint density at radius 1 is 1.26 bits per heavy atom. The van der Waals surface area contributed by atoms with Gasteiger partial charge < -0.3 is 10.2 Å². The molecule has 1 aliphatic heterocycles. The molecule has 7 heteroatoms. The van der Waals surface area contributed by atoms with Gasteiger partial charge in [-0.2, -0.15) is 0 Å². The quantitative estimate of drug-likeness (QED) is 0.897. The second-order valence-electron chi connectivity index (χ2n) is 6.95. The van der Waals surface area contributed by atoms with Crippen LogP contribution in [-0.2, 0) is 16.1 Å². The maximum absolute atomic E-state index is 12.2. The average molecular weight is 338 g/mol. The predicted molar refractivity (Wildman–Crippen MR) is 91.2 cm³/mol. The standard InChI is InChI=1S/C16H26N4O2S/c1-12-18-13(11-23-12)10-19-5-7-20(8-6-19)14(21)9-17-15(22)16(2,3)4/h11H,5-10H2,1-4H3,(H,17,22). The van der Waals surface area contributed by atoms with Crippen LogP contribution in [-0.4, -0.2) is 59.3 Å². The fourth-order valence-corrected chi connectivity index (χ4v) is 3.00. The van der Waals surface area contributed by atoms with Gasteiger partial charge in [0.1, 0.15) is 0 Å². The molecule has 128 valence electrons. The monoisotopic (exact) mass is 338 g/mol. The molecular formula is C16H26N4O2S. The number of carbonyl (C=O) groups is 2. The van der Waals surface area contributed by atoms with Gasteiger partial charge in [-0.25, -0.2) is 4.98 Å². The number of carbonyl (C=O) groups excluding carboxylic acids is 2. The highest BCUT2D eigenvalue weighted by Crippen LogP contribution is 2.13. The van der Waals surface area contributed by atoms with Gasteiger partial charge in [0, 0.05) is 43.5 Å². The van der Waals surface area contributed by atoms with E-state index < -0.39 is 5.41 Å². The lowest BCUT2D eigenvalue weighted by molar-refractivity contribution is -0.136. The van der Waals surface area contributed by atoms with Gasteiger partial charge in [0.15, 0.2) is 0 Å². The highest BCUT2D eigenvalue weighted by atomic mass is 32.1. The minimum atomic E-state index is -0.468. The van der Waals surface area contributed by atoms with Crippen LogP contribution in [0.2, 0.25) is 0 Å². The normalized spacial score (nSPS) is 16.4. The van der Waals surface area contributed by atoms with E-state index in [1.54, 1.807) is 11.3 Å². The fourth-order valence-electron chi connectivity index (χ4n) is 2.40. The summed E-state index contributed by atoms with van der Waals surface area (Å²) in [6, 6.07) is 0. The molecule has 2 amide bonds. The molecule has 23 heavy (non-hydrogen) atoms. The van der Waals surface area contributed by atoms with Crippen LogP contribution in [0.15, 0.2) is 5.38 Å². The lowest BCUT2D eigenvalue weighted by atomic mass is 9.96. The summed E-state index contributed by atoms with van der Waals surface area (Å²) in [5.74, 6) is -0.102. The van der Waals surface area contributed by atoms with E-state index in [1.165, 1.54) is 0 Å². The number of hydrogen-bond acceptors (Lipinski definition) is 5. The molecule has 0 aromatic carbocycles. The maximum atomic E-state index is 12.2. The van der Waals surface area contributed by atoms with Gasteiger partial charge in [-0.1, -0.05) is 20.8 Å². The first-order chi connectivity index (χ1) is 10.8. The third-order valence-electron chi connectivity index (χ3n) is 3.86. The number of piperazine rings is 1. The molecule has 1 aromatic heterocycles. The molecule has 0 bridgehead atoms. The number of rotatable bonds is 4. The van der Waals surface area contributed by atoms with Gasteiger partial charge in [0.05, 0.1) is 17.2 Å². The average Bonchev–Trinajstić information content (AvgIpc) is 2.89. The molecule has 1 N–H and O–H groups in total. The Bertz CT molecular complexity index is 557. The molecule has 0 radical (unpaired) electrons. The Kier molecular flexibility index (Phi) is 5.75. The Morgan fingerprint density at radius 2 is 1.91 bits per heavy atom. The van der Waals surface area contributed by atoms with E-state index in [0.29, 0.717) is 13.1 Å². The van der Waals surface area contributed by atoms with Crippen LogP contribution in [0.4, 0.5) is 0 Å². The molecule has 2 rings (SSSR count). The zero-order valence-electron chi connectivity index (χ0n) is 14.4. The molecule has 0 aliphatic carbocycles. The third-order valence-corrected chi connectivity index (χ3v) is 4.68. The first-order valence-corrected chi connectivity index (χ1v) is 8.83. The summed E-state index contributed by atoms with van der Waals surface area (Å²) in [5.41, 5.74) is 0.634. The van der Waals surface area contributed by atoms with Gasteiger partial charge in [-0.3, -0.25) is 14.5 Å². The van der Waals surface area contributed by atoms with Crippen molar-refractivity contribution in [3.05, 3.63) is 16.1 Å². The summed E-state index contributed by atoms with van der Waals surface area (Å²) in [6.45, 7) is 11.5. The lowest BCUT2D eigenvalue weighted by Gasteiger charge is -2.34. The van der Waals surface area contributed by atoms with Crippen molar-refractivity contribution in [3.8, 4) is 0 Å². The third kappa shape index (κ3) is 5.28. The minimum absolute atomic E-state index is 0.00764. The highest BCUT2D eigenvalue weighted by molar-refractivity contribution is 7.09. The molecule has 0 saturated carbocycles. The van der Waals surface area contributed by atoms with Crippen LogP contribution in [0.5, 0.6) is 0 Å². The molecular weight excluding hydrogens is 312 g/mol. The number of aromatic nitrogens is 1. The number of hydrogen-bond donors (Lipinski definition) is 1. The van der Waals surface area contributed by atoms with Crippen molar-refractivity contribution >= 4 is 23.2 Å². The molecule has 1 aliphatic rings. The Morgan fingerprint density at radius 3 is 2.43 bits per heavy atom. The van der Waals surface area contributed by atoms with Gasteiger partial charge in [0.2, 0.25) is 11.8 Å². The molecule has 0 unspecified atom stereocenters. The number of thiazole rings is 1. The predicted octanol–water partition coefficient (Wildman–Crippen LogP) is 1.26. The van der Waals surface area contributed by atoms with Crippen LogP contribution in [0.25, 0.3) is 0 Å². The summed E-state index contributed by atoms with van der Waals surface area (Å²) in [5, 5.41) is 5.90. The topological polar surface area (TPSA) is 65.5 Å². The van der Waals surface area contributed by atoms with Crippen molar-refractivity contribution in [2.75, 3.05) is 32.7 Å². The highest BCUT2D eigenvalue weighted by Gasteiger charge is 2.24. The van der Waals surface area contributed by atoms with E-state index in [2.05, 4.69) is 20.6 Å². The van der Waals surface area contributed by atoms with Crippen LogP contribution in [0.3, 0.4) is 0 Å². The number of nitrogens with one attached hydrogen (secondary N) is 1. The SMILES string of the molecule is Cc1nc(CN2CCN(C(=O)CNC(=O)C(C)(C)C)CC2)cs1. The smallest absolute Gasteiger partial charge is 0.242 e. The van der Waals surface area contributed by atoms with Crippen LogP contribution in [0, 0.1) is 12.3 Å². The molecule has 6 nitrogen and oxygen atoms in total. The van der Waals surface area contributed by atoms with Crippen molar-refractivity contribution in [1.29, 1.82) is 0 Å².